The second-order valence-corrected chi connectivity index (χ2v) is 5.52. The molecule has 20 heavy (non-hydrogen) atoms. The van der Waals surface area contributed by atoms with Gasteiger partial charge in [-0.1, -0.05) is 29.8 Å². The lowest BCUT2D eigenvalue weighted by molar-refractivity contribution is -0.143. The zero-order chi connectivity index (χ0) is 15.3. The number of aryl methyl sites for hydroxylation is 1. The van der Waals surface area contributed by atoms with Crippen LogP contribution < -0.4 is 5.32 Å². The summed E-state index contributed by atoms with van der Waals surface area (Å²) in [7, 11) is 1.71. The van der Waals surface area contributed by atoms with Crippen molar-refractivity contribution in [1.82, 2.24) is 10.2 Å². The largest absolute Gasteiger partial charge is 0.480 e. The number of hydrogen-bond acceptors (Lipinski definition) is 3. The highest BCUT2D eigenvalue weighted by Gasteiger charge is 2.27. The van der Waals surface area contributed by atoms with Crippen LogP contribution in [0.2, 0.25) is 0 Å². The van der Waals surface area contributed by atoms with Gasteiger partial charge in [0.05, 0.1) is 6.54 Å². The number of likely N-dealkylation sites (N-methyl/N-ethyl adjacent to an activating group) is 1. The van der Waals surface area contributed by atoms with Gasteiger partial charge in [-0.25, -0.2) is 0 Å². The van der Waals surface area contributed by atoms with Crippen LogP contribution in [0.15, 0.2) is 24.3 Å². The van der Waals surface area contributed by atoms with Crippen molar-refractivity contribution in [1.29, 1.82) is 0 Å². The summed E-state index contributed by atoms with van der Waals surface area (Å²) < 4.78 is 0. The zero-order valence-electron chi connectivity index (χ0n) is 12.4. The minimum atomic E-state index is -1.11. The molecule has 0 fully saturated rings. The average molecular weight is 278 g/mol. The van der Waals surface area contributed by atoms with Gasteiger partial charge in [-0.05, 0) is 26.3 Å². The molecule has 0 spiro atoms. The molecule has 1 rings (SSSR count). The van der Waals surface area contributed by atoms with Crippen molar-refractivity contribution in [3.8, 4) is 0 Å². The predicted octanol–water partition coefficient (Wildman–Crippen LogP) is 1.41. The van der Waals surface area contributed by atoms with Crippen LogP contribution in [-0.2, 0) is 16.1 Å². The van der Waals surface area contributed by atoms with E-state index in [0.29, 0.717) is 6.54 Å². The molecule has 1 amide bonds. The Kier molecular flexibility index (Phi) is 5.27. The maximum atomic E-state index is 12.0. The van der Waals surface area contributed by atoms with Gasteiger partial charge in [0.1, 0.15) is 5.54 Å². The van der Waals surface area contributed by atoms with E-state index in [1.165, 1.54) is 19.4 Å². The van der Waals surface area contributed by atoms with Crippen LogP contribution in [0.3, 0.4) is 0 Å². The summed E-state index contributed by atoms with van der Waals surface area (Å²) in [4.78, 5) is 24.5. The van der Waals surface area contributed by atoms with Crippen molar-refractivity contribution in [3.63, 3.8) is 0 Å². The van der Waals surface area contributed by atoms with E-state index in [1.807, 2.05) is 31.2 Å². The van der Waals surface area contributed by atoms with Crippen molar-refractivity contribution in [2.24, 2.45) is 0 Å². The highest BCUT2D eigenvalue weighted by Crippen LogP contribution is 2.06. The van der Waals surface area contributed by atoms with Crippen LogP contribution >= 0.6 is 0 Å². The number of carboxylic acid groups (broad SMARTS) is 1. The minimum absolute atomic E-state index is 0.00165. The van der Waals surface area contributed by atoms with Gasteiger partial charge in [0.15, 0.2) is 0 Å². The Morgan fingerprint density at radius 3 is 2.30 bits per heavy atom. The Balaban J connectivity index is 2.51. The van der Waals surface area contributed by atoms with E-state index in [2.05, 4.69) is 5.32 Å². The summed E-state index contributed by atoms with van der Waals surface area (Å²) in [5, 5.41) is 11.7. The molecule has 0 saturated heterocycles. The van der Waals surface area contributed by atoms with Gasteiger partial charge < -0.3 is 10.0 Å². The molecule has 1 aromatic carbocycles. The van der Waals surface area contributed by atoms with Crippen molar-refractivity contribution >= 4 is 11.9 Å². The Bertz CT molecular complexity index is 480. The third kappa shape index (κ3) is 4.66. The lowest BCUT2D eigenvalue weighted by Gasteiger charge is -2.23. The summed E-state index contributed by atoms with van der Waals surface area (Å²) in [6.07, 6.45) is 0. The summed E-state index contributed by atoms with van der Waals surface area (Å²) in [6, 6.07) is 7.96. The number of carboxylic acids is 1. The van der Waals surface area contributed by atoms with Crippen LogP contribution in [0.25, 0.3) is 0 Å². The second kappa shape index (κ2) is 6.52. The Hall–Kier alpha value is -1.88. The molecule has 0 aliphatic carbocycles. The molecule has 0 atom stereocenters. The summed E-state index contributed by atoms with van der Waals surface area (Å²) in [6.45, 7) is 5.58. The molecule has 0 saturated carbocycles. The predicted molar refractivity (Wildman–Crippen MR) is 77.4 cm³/mol. The molecular weight excluding hydrogens is 256 g/mol. The number of amides is 1. The van der Waals surface area contributed by atoms with Gasteiger partial charge in [0.2, 0.25) is 5.91 Å². The summed E-state index contributed by atoms with van der Waals surface area (Å²) >= 11 is 0. The van der Waals surface area contributed by atoms with Gasteiger partial charge in [-0.2, -0.15) is 0 Å². The quantitative estimate of drug-likeness (QED) is 0.825. The molecule has 0 radical (unpaired) electrons. The fraction of sp³-hybridized carbons (Fsp3) is 0.467. The summed E-state index contributed by atoms with van der Waals surface area (Å²) in [5.74, 6) is -1.12. The zero-order valence-corrected chi connectivity index (χ0v) is 12.4. The molecular formula is C15H22N2O3. The topological polar surface area (TPSA) is 69.6 Å². The number of rotatable bonds is 6. The number of carbonyl (C=O) groups is 2. The first kappa shape index (κ1) is 16.2. The maximum absolute atomic E-state index is 12.0. The number of carbonyl (C=O) groups excluding carboxylic acids is 1. The first-order chi connectivity index (χ1) is 9.22. The Morgan fingerprint density at radius 2 is 1.80 bits per heavy atom. The number of nitrogens with zero attached hydrogens (tertiary/aromatic N) is 1. The van der Waals surface area contributed by atoms with E-state index < -0.39 is 11.5 Å². The fourth-order valence-electron chi connectivity index (χ4n) is 1.56. The van der Waals surface area contributed by atoms with Crippen molar-refractivity contribution in [2.45, 2.75) is 32.9 Å². The van der Waals surface area contributed by atoms with Crippen LogP contribution in [0.4, 0.5) is 0 Å². The first-order valence-corrected chi connectivity index (χ1v) is 6.50. The second-order valence-electron chi connectivity index (χ2n) is 5.52. The normalized spacial score (nSPS) is 11.2. The van der Waals surface area contributed by atoms with E-state index in [9.17, 15) is 9.59 Å². The van der Waals surface area contributed by atoms with E-state index in [1.54, 1.807) is 11.9 Å². The molecule has 0 bridgehead atoms. The standard InChI is InChI=1S/C15H22N2O3/c1-11-5-7-12(8-6-11)10-17(4)13(18)9-16-15(2,3)14(19)20/h5-8,16H,9-10H2,1-4H3,(H,19,20). The number of benzene rings is 1. The number of aliphatic carboxylic acids is 1. The summed E-state index contributed by atoms with van der Waals surface area (Å²) in [5.41, 5.74) is 1.11. The molecule has 0 aliphatic heterocycles. The molecule has 1 aromatic rings. The smallest absolute Gasteiger partial charge is 0.323 e. The monoisotopic (exact) mass is 278 g/mol. The molecule has 0 unspecified atom stereocenters. The van der Waals surface area contributed by atoms with E-state index in [0.717, 1.165) is 5.56 Å². The minimum Gasteiger partial charge on any atom is -0.480 e. The van der Waals surface area contributed by atoms with Crippen molar-refractivity contribution < 1.29 is 14.7 Å². The molecule has 5 nitrogen and oxygen atoms in total. The van der Waals surface area contributed by atoms with Gasteiger partial charge >= 0.3 is 5.97 Å². The third-order valence-electron chi connectivity index (χ3n) is 3.18. The highest BCUT2D eigenvalue weighted by atomic mass is 16.4. The first-order valence-electron chi connectivity index (χ1n) is 6.50. The van der Waals surface area contributed by atoms with Gasteiger partial charge in [0.25, 0.3) is 0 Å². The Labute approximate surface area is 119 Å². The number of hydrogen-bond donors (Lipinski definition) is 2. The van der Waals surface area contributed by atoms with E-state index >= 15 is 0 Å². The fourth-order valence-corrected chi connectivity index (χ4v) is 1.56. The van der Waals surface area contributed by atoms with Crippen LogP contribution in [0.5, 0.6) is 0 Å². The molecule has 110 valence electrons. The SMILES string of the molecule is Cc1ccc(CN(C)C(=O)CNC(C)(C)C(=O)O)cc1. The maximum Gasteiger partial charge on any atom is 0.323 e. The Morgan fingerprint density at radius 1 is 1.25 bits per heavy atom. The molecule has 0 heterocycles. The molecule has 0 aromatic heterocycles. The lowest BCUT2D eigenvalue weighted by atomic mass is 10.1. The third-order valence-corrected chi connectivity index (χ3v) is 3.18. The van der Waals surface area contributed by atoms with Crippen LogP contribution in [-0.4, -0.2) is 41.0 Å². The van der Waals surface area contributed by atoms with Crippen LogP contribution in [0, 0.1) is 6.92 Å². The van der Waals surface area contributed by atoms with E-state index in [-0.39, 0.29) is 12.5 Å². The van der Waals surface area contributed by atoms with Gasteiger partial charge in [-0.3, -0.25) is 14.9 Å². The van der Waals surface area contributed by atoms with Crippen LogP contribution in [0.1, 0.15) is 25.0 Å². The van der Waals surface area contributed by atoms with E-state index in [4.69, 9.17) is 5.11 Å². The molecule has 2 N–H and O–H groups in total. The van der Waals surface area contributed by atoms with Gasteiger partial charge in [-0.15, -0.1) is 0 Å². The molecule has 0 aliphatic rings. The van der Waals surface area contributed by atoms with Crippen molar-refractivity contribution in [2.75, 3.05) is 13.6 Å². The average Bonchev–Trinajstić information content (AvgIpc) is 2.38. The highest BCUT2D eigenvalue weighted by molar-refractivity contribution is 5.81. The van der Waals surface area contributed by atoms with Crippen molar-refractivity contribution in [3.05, 3.63) is 35.4 Å². The molecule has 5 heteroatoms. The number of nitrogens with one attached hydrogen (secondary N) is 1. The lowest BCUT2D eigenvalue weighted by Crippen LogP contribution is -2.50. The van der Waals surface area contributed by atoms with Gasteiger partial charge in [0, 0.05) is 13.6 Å².